The minimum absolute atomic E-state index is 0.0456. The van der Waals surface area contributed by atoms with E-state index >= 15 is 0 Å². The highest BCUT2D eigenvalue weighted by molar-refractivity contribution is 6.30. The van der Waals surface area contributed by atoms with Gasteiger partial charge in [-0.05, 0) is 36.6 Å². The molecule has 2 aromatic rings. The second-order valence-corrected chi connectivity index (χ2v) is 6.42. The number of hydrogen-bond donors (Lipinski definition) is 1. The SMILES string of the molecule is O=C(c1c[nH]c(=O)c(Cl)c1)N(Cc1cccc(F)c1)C[C@@H]1CCCO1. The van der Waals surface area contributed by atoms with Crippen LogP contribution in [0.2, 0.25) is 5.02 Å². The molecule has 0 radical (unpaired) electrons. The lowest BCUT2D eigenvalue weighted by Gasteiger charge is -2.25. The van der Waals surface area contributed by atoms with Crippen LogP contribution in [-0.4, -0.2) is 35.0 Å². The van der Waals surface area contributed by atoms with Crippen molar-refractivity contribution in [2.75, 3.05) is 13.2 Å². The number of aromatic nitrogens is 1. The maximum Gasteiger partial charge on any atom is 0.266 e. The second kappa shape index (κ2) is 7.80. The van der Waals surface area contributed by atoms with Crippen molar-refractivity contribution in [2.24, 2.45) is 0 Å². The van der Waals surface area contributed by atoms with E-state index in [1.54, 1.807) is 17.0 Å². The summed E-state index contributed by atoms with van der Waals surface area (Å²) in [6.07, 6.45) is 3.12. The Morgan fingerprint density at radius 2 is 2.24 bits per heavy atom. The molecule has 2 heterocycles. The molecule has 7 heteroatoms. The van der Waals surface area contributed by atoms with Crippen LogP contribution in [0, 0.1) is 5.82 Å². The molecule has 0 spiro atoms. The summed E-state index contributed by atoms with van der Waals surface area (Å²) in [6, 6.07) is 7.47. The van der Waals surface area contributed by atoms with Crippen LogP contribution in [0.25, 0.3) is 0 Å². The van der Waals surface area contributed by atoms with Crippen molar-refractivity contribution in [3.63, 3.8) is 0 Å². The van der Waals surface area contributed by atoms with Gasteiger partial charge in [0, 0.05) is 25.9 Å². The lowest BCUT2D eigenvalue weighted by molar-refractivity contribution is 0.0506. The van der Waals surface area contributed by atoms with Crippen LogP contribution in [0.5, 0.6) is 0 Å². The number of aromatic amines is 1. The average Bonchev–Trinajstić information content (AvgIpc) is 3.09. The summed E-state index contributed by atoms with van der Waals surface area (Å²) in [6.45, 7) is 1.32. The first-order chi connectivity index (χ1) is 12.0. The maximum atomic E-state index is 13.5. The fourth-order valence-electron chi connectivity index (χ4n) is 2.87. The third-order valence-corrected chi connectivity index (χ3v) is 4.38. The first-order valence-corrected chi connectivity index (χ1v) is 8.44. The Kier molecular flexibility index (Phi) is 5.50. The van der Waals surface area contributed by atoms with Gasteiger partial charge in [-0.3, -0.25) is 9.59 Å². The molecule has 0 aliphatic carbocycles. The molecule has 1 aliphatic heterocycles. The molecule has 1 fully saturated rings. The van der Waals surface area contributed by atoms with Crippen LogP contribution in [-0.2, 0) is 11.3 Å². The van der Waals surface area contributed by atoms with E-state index in [1.807, 2.05) is 0 Å². The van der Waals surface area contributed by atoms with Crippen LogP contribution in [0.15, 0.2) is 41.3 Å². The third kappa shape index (κ3) is 4.46. The number of nitrogens with zero attached hydrogens (tertiary/aromatic N) is 1. The summed E-state index contributed by atoms with van der Waals surface area (Å²) in [5.74, 6) is -0.646. The molecule has 1 aromatic heterocycles. The van der Waals surface area contributed by atoms with Crippen LogP contribution >= 0.6 is 11.6 Å². The van der Waals surface area contributed by atoms with E-state index in [0.29, 0.717) is 18.7 Å². The molecule has 1 aromatic carbocycles. The van der Waals surface area contributed by atoms with E-state index in [0.717, 1.165) is 12.8 Å². The number of hydrogen-bond acceptors (Lipinski definition) is 3. The Morgan fingerprint density at radius 1 is 1.40 bits per heavy atom. The molecule has 1 N–H and O–H groups in total. The molecule has 1 aliphatic rings. The van der Waals surface area contributed by atoms with E-state index in [4.69, 9.17) is 16.3 Å². The Balaban J connectivity index is 1.84. The number of ether oxygens (including phenoxy) is 1. The Hall–Kier alpha value is -2.18. The summed E-state index contributed by atoms with van der Waals surface area (Å²) in [5, 5.41) is -0.0475. The van der Waals surface area contributed by atoms with E-state index < -0.39 is 5.56 Å². The van der Waals surface area contributed by atoms with Gasteiger partial charge in [0.1, 0.15) is 10.8 Å². The number of benzene rings is 1. The van der Waals surface area contributed by atoms with Gasteiger partial charge in [0.25, 0.3) is 11.5 Å². The van der Waals surface area contributed by atoms with Gasteiger partial charge in [-0.2, -0.15) is 0 Å². The molecule has 25 heavy (non-hydrogen) atoms. The standard InChI is InChI=1S/C18H18ClFN2O3/c19-16-8-13(9-21-17(16)23)18(24)22(11-15-5-2-6-25-15)10-12-3-1-4-14(20)7-12/h1,3-4,7-9,15H,2,5-6,10-11H2,(H,21,23)/t15-/m0/s1. The van der Waals surface area contributed by atoms with Crippen LogP contribution in [0.1, 0.15) is 28.8 Å². The first kappa shape index (κ1) is 17.6. The molecule has 5 nitrogen and oxygen atoms in total. The van der Waals surface area contributed by atoms with Crippen molar-refractivity contribution in [1.29, 1.82) is 0 Å². The first-order valence-electron chi connectivity index (χ1n) is 8.06. The number of carbonyl (C=O) groups excluding carboxylic acids is 1. The zero-order valence-corrected chi connectivity index (χ0v) is 14.3. The highest BCUT2D eigenvalue weighted by Gasteiger charge is 2.24. The van der Waals surface area contributed by atoms with Gasteiger partial charge in [-0.15, -0.1) is 0 Å². The number of nitrogens with one attached hydrogen (secondary N) is 1. The molecular weight excluding hydrogens is 347 g/mol. The topological polar surface area (TPSA) is 62.4 Å². The number of amides is 1. The van der Waals surface area contributed by atoms with Gasteiger partial charge < -0.3 is 14.6 Å². The van der Waals surface area contributed by atoms with Gasteiger partial charge in [-0.25, -0.2) is 4.39 Å². The lowest BCUT2D eigenvalue weighted by Crippen LogP contribution is -2.37. The van der Waals surface area contributed by atoms with Crippen molar-refractivity contribution >= 4 is 17.5 Å². The number of H-pyrrole nitrogens is 1. The third-order valence-electron chi connectivity index (χ3n) is 4.10. The molecule has 132 valence electrons. The average molecular weight is 365 g/mol. The van der Waals surface area contributed by atoms with E-state index in [1.165, 1.54) is 24.4 Å². The molecule has 3 rings (SSSR count). The van der Waals surface area contributed by atoms with Crippen molar-refractivity contribution < 1.29 is 13.9 Å². The fraction of sp³-hybridized carbons (Fsp3) is 0.333. The molecule has 0 unspecified atom stereocenters. The number of rotatable bonds is 5. The molecule has 1 saturated heterocycles. The van der Waals surface area contributed by atoms with Crippen molar-refractivity contribution in [3.05, 3.63) is 68.8 Å². The maximum absolute atomic E-state index is 13.5. The summed E-state index contributed by atoms with van der Waals surface area (Å²) in [5.41, 5.74) is 0.509. The van der Waals surface area contributed by atoms with Gasteiger partial charge >= 0.3 is 0 Å². The van der Waals surface area contributed by atoms with Crippen molar-refractivity contribution in [2.45, 2.75) is 25.5 Å². The van der Waals surface area contributed by atoms with Gasteiger partial charge in [0.2, 0.25) is 0 Å². The predicted molar refractivity (Wildman–Crippen MR) is 92.2 cm³/mol. The minimum Gasteiger partial charge on any atom is -0.376 e. The largest absolute Gasteiger partial charge is 0.376 e. The Labute approximate surface area is 149 Å². The van der Waals surface area contributed by atoms with Crippen molar-refractivity contribution in [1.82, 2.24) is 9.88 Å². The monoisotopic (exact) mass is 364 g/mol. The van der Waals surface area contributed by atoms with Gasteiger partial charge in [0.15, 0.2) is 0 Å². The predicted octanol–water partition coefficient (Wildman–Crippen LogP) is 2.99. The number of pyridine rings is 1. The summed E-state index contributed by atoms with van der Waals surface area (Å²) >= 11 is 5.83. The molecule has 0 bridgehead atoms. The molecule has 1 amide bonds. The Bertz CT molecular complexity index is 818. The summed E-state index contributed by atoms with van der Waals surface area (Å²) in [7, 11) is 0. The van der Waals surface area contributed by atoms with E-state index in [-0.39, 0.29) is 35.0 Å². The van der Waals surface area contributed by atoms with Crippen molar-refractivity contribution in [3.8, 4) is 0 Å². The lowest BCUT2D eigenvalue weighted by atomic mass is 10.1. The highest BCUT2D eigenvalue weighted by atomic mass is 35.5. The minimum atomic E-state index is -0.450. The smallest absolute Gasteiger partial charge is 0.266 e. The van der Waals surface area contributed by atoms with E-state index in [2.05, 4.69) is 4.98 Å². The quantitative estimate of drug-likeness (QED) is 0.887. The van der Waals surface area contributed by atoms with Gasteiger partial charge in [-0.1, -0.05) is 23.7 Å². The number of carbonyl (C=O) groups is 1. The number of halogens is 2. The zero-order chi connectivity index (χ0) is 17.8. The molecular formula is C18H18ClFN2O3. The van der Waals surface area contributed by atoms with Crippen LogP contribution in [0.4, 0.5) is 4.39 Å². The van der Waals surface area contributed by atoms with Gasteiger partial charge in [0.05, 0.1) is 11.7 Å². The van der Waals surface area contributed by atoms with Crippen LogP contribution < -0.4 is 5.56 Å². The molecule has 1 atom stereocenters. The van der Waals surface area contributed by atoms with Crippen LogP contribution in [0.3, 0.4) is 0 Å². The second-order valence-electron chi connectivity index (χ2n) is 6.02. The normalized spacial score (nSPS) is 16.8. The summed E-state index contributed by atoms with van der Waals surface area (Å²) < 4.78 is 19.1. The van der Waals surface area contributed by atoms with E-state index in [9.17, 15) is 14.0 Å². The molecule has 0 saturated carbocycles. The Morgan fingerprint density at radius 3 is 2.92 bits per heavy atom. The summed E-state index contributed by atoms with van der Waals surface area (Å²) in [4.78, 5) is 28.3. The fourth-order valence-corrected chi connectivity index (χ4v) is 3.04. The zero-order valence-electron chi connectivity index (χ0n) is 13.5. The highest BCUT2D eigenvalue weighted by Crippen LogP contribution is 2.18.